The van der Waals surface area contributed by atoms with Crippen LogP contribution < -0.4 is 0 Å². The second kappa shape index (κ2) is 5.51. The fourth-order valence-electron chi connectivity index (χ4n) is 3.27. The number of piperidine rings is 1. The van der Waals surface area contributed by atoms with E-state index in [0.717, 1.165) is 37.3 Å². The van der Waals surface area contributed by atoms with Crippen molar-refractivity contribution in [2.45, 2.75) is 39.5 Å². The number of amides is 1. The first-order chi connectivity index (χ1) is 10.1. The van der Waals surface area contributed by atoms with Crippen LogP contribution in [0.4, 0.5) is 0 Å². The molecule has 0 spiro atoms. The second-order valence-corrected chi connectivity index (χ2v) is 6.34. The minimum atomic E-state index is 0.0787. The number of hydrogen-bond acceptors (Lipinski definition) is 2. The van der Waals surface area contributed by atoms with Gasteiger partial charge in [0.15, 0.2) is 0 Å². The second-order valence-electron chi connectivity index (χ2n) is 6.34. The summed E-state index contributed by atoms with van der Waals surface area (Å²) >= 11 is 0. The van der Waals surface area contributed by atoms with Gasteiger partial charge in [0.05, 0.1) is 5.69 Å². The lowest BCUT2D eigenvalue weighted by atomic mass is 9.93. The molecule has 0 radical (unpaired) electrons. The Bertz CT molecular complexity index is 659. The monoisotopic (exact) mass is 285 g/mol. The highest BCUT2D eigenvalue weighted by Gasteiger charge is 2.27. The number of rotatable bonds is 2. The number of hydrogen-bond donors (Lipinski definition) is 0. The van der Waals surface area contributed by atoms with Crippen LogP contribution >= 0.6 is 0 Å². The fraction of sp³-hybridized carbons (Fsp3) is 0.529. The number of carbonyl (C=O) groups excluding carboxylic acids is 1. The van der Waals surface area contributed by atoms with Crippen LogP contribution in [0.5, 0.6) is 0 Å². The Kier molecular flexibility index (Phi) is 3.70. The molecule has 0 bridgehead atoms. The van der Waals surface area contributed by atoms with Crippen LogP contribution in [0.15, 0.2) is 24.4 Å². The molecule has 0 unspecified atom stereocenters. The topological polar surface area (TPSA) is 37.6 Å². The Balaban J connectivity index is 1.90. The zero-order valence-corrected chi connectivity index (χ0v) is 13.0. The summed E-state index contributed by atoms with van der Waals surface area (Å²) in [6.07, 6.45) is 4.30. The minimum absolute atomic E-state index is 0.0787. The number of nitrogens with zero attached hydrogens (tertiary/aromatic N) is 3. The maximum atomic E-state index is 12.2. The number of pyridine rings is 1. The summed E-state index contributed by atoms with van der Waals surface area (Å²) in [6, 6.07) is 6.28. The lowest BCUT2D eigenvalue weighted by molar-refractivity contribution is -0.135. The molecule has 0 saturated carbocycles. The van der Waals surface area contributed by atoms with E-state index in [9.17, 15) is 4.79 Å². The van der Waals surface area contributed by atoms with Gasteiger partial charge in [0.2, 0.25) is 5.91 Å². The predicted octanol–water partition coefficient (Wildman–Crippen LogP) is 3.00. The Hall–Kier alpha value is -1.84. The van der Waals surface area contributed by atoms with Gasteiger partial charge >= 0.3 is 0 Å². The molecule has 4 nitrogen and oxygen atoms in total. The summed E-state index contributed by atoms with van der Waals surface area (Å²) in [7, 11) is 0. The summed E-state index contributed by atoms with van der Waals surface area (Å²) in [4.78, 5) is 18.8. The standard InChI is InChI=1S/C17H23N3O/c1-12(2)17(21)19-9-5-6-14(11-19)15-7-4-8-16-18-13(3)10-20(15)16/h4,7-8,10,12,14H,5-6,9,11H2,1-3H3/t14-/m1/s1. The first-order valence-electron chi connectivity index (χ1n) is 7.79. The molecule has 3 heterocycles. The summed E-state index contributed by atoms with van der Waals surface area (Å²) in [5, 5.41) is 0. The van der Waals surface area contributed by atoms with E-state index in [2.05, 4.69) is 27.7 Å². The third-order valence-electron chi connectivity index (χ3n) is 4.29. The van der Waals surface area contributed by atoms with Crippen molar-refractivity contribution in [2.75, 3.05) is 13.1 Å². The zero-order chi connectivity index (χ0) is 15.0. The van der Waals surface area contributed by atoms with Crippen LogP contribution in [-0.4, -0.2) is 33.3 Å². The van der Waals surface area contributed by atoms with E-state index in [4.69, 9.17) is 0 Å². The molecule has 1 fully saturated rings. The summed E-state index contributed by atoms with van der Waals surface area (Å²) in [5.41, 5.74) is 3.31. The molecule has 0 aromatic carbocycles. The van der Waals surface area contributed by atoms with Gasteiger partial charge in [-0.1, -0.05) is 19.9 Å². The van der Waals surface area contributed by atoms with Crippen molar-refractivity contribution >= 4 is 11.6 Å². The Labute approximate surface area is 125 Å². The van der Waals surface area contributed by atoms with Crippen LogP contribution in [0, 0.1) is 12.8 Å². The highest BCUT2D eigenvalue weighted by molar-refractivity contribution is 5.78. The highest BCUT2D eigenvalue weighted by atomic mass is 16.2. The Morgan fingerprint density at radius 3 is 2.95 bits per heavy atom. The first kappa shape index (κ1) is 14.1. The van der Waals surface area contributed by atoms with Crippen molar-refractivity contribution in [1.29, 1.82) is 0 Å². The molecular weight excluding hydrogens is 262 g/mol. The maximum absolute atomic E-state index is 12.2. The molecule has 112 valence electrons. The summed E-state index contributed by atoms with van der Waals surface area (Å²) in [5.74, 6) is 0.752. The van der Waals surface area contributed by atoms with Gasteiger partial charge in [-0.15, -0.1) is 0 Å². The molecule has 4 heteroatoms. The van der Waals surface area contributed by atoms with E-state index in [0.29, 0.717) is 5.92 Å². The average molecular weight is 285 g/mol. The van der Waals surface area contributed by atoms with Gasteiger partial charge in [-0.2, -0.15) is 0 Å². The van der Waals surface area contributed by atoms with Crippen LogP contribution in [0.2, 0.25) is 0 Å². The molecule has 1 aliphatic rings. The first-order valence-corrected chi connectivity index (χ1v) is 7.79. The van der Waals surface area contributed by atoms with Crippen molar-refractivity contribution in [3.63, 3.8) is 0 Å². The predicted molar refractivity (Wildman–Crippen MR) is 83.3 cm³/mol. The number of aromatic nitrogens is 2. The number of fused-ring (bicyclic) bond motifs is 1. The van der Waals surface area contributed by atoms with Gasteiger partial charge in [0, 0.05) is 36.8 Å². The minimum Gasteiger partial charge on any atom is -0.342 e. The quantitative estimate of drug-likeness (QED) is 0.850. The lowest BCUT2D eigenvalue weighted by Crippen LogP contribution is -2.41. The van der Waals surface area contributed by atoms with E-state index in [1.165, 1.54) is 5.69 Å². The molecule has 1 aliphatic heterocycles. The lowest BCUT2D eigenvalue weighted by Gasteiger charge is -2.34. The number of carbonyl (C=O) groups is 1. The van der Waals surface area contributed by atoms with Crippen molar-refractivity contribution in [3.8, 4) is 0 Å². The molecule has 2 aromatic rings. The van der Waals surface area contributed by atoms with Crippen molar-refractivity contribution in [2.24, 2.45) is 5.92 Å². The summed E-state index contributed by atoms with van der Waals surface area (Å²) in [6.45, 7) is 7.70. The third kappa shape index (κ3) is 2.67. The van der Waals surface area contributed by atoms with E-state index >= 15 is 0 Å². The molecule has 21 heavy (non-hydrogen) atoms. The van der Waals surface area contributed by atoms with Crippen molar-refractivity contribution < 1.29 is 4.79 Å². The Morgan fingerprint density at radius 1 is 1.38 bits per heavy atom. The van der Waals surface area contributed by atoms with Crippen LogP contribution in [0.25, 0.3) is 5.65 Å². The summed E-state index contributed by atoms with van der Waals surface area (Å²) < 4.78 is 2.18. The molecule has 0 aliphatic carbocycles. The van der Waals surface area contributed by atoms with Crippen LogP contribution in [-0.2, 0) is 4.79 Å². The van der Waals surface area contributed by atoms with E-state index in [1.807, 2.05) is 31.7 Å². The van der Waals surface area contributed by atoms with Gasteiger partial charge in [-0.05, 0) is 31.9 Å². The highest BCUT2D eigenvalue weighted by Crippen LogP contribution is 2.28. The fourth-order valence-corrected chi connectivity index (χ4v) is 3.27. The van der Waals surface area contributed by atoms with Gasteiger partial charge in [-0.3, -0.25) is 4.79 Å². The Morgan fingerprint density at radius 2 is 2.19 bits per heavy atom. The zero-order valence-electron chi connectivity index (χ0n) is 13.0. The number of imidazole rings is 1. The molecule has 0 N–H and O–H groups in total. The van der Waals surface area contributed by atoms with Gasteiger partial charge in [0.1, 0.15) is 5.65 Å². The van der Waals surface area contributed by atoms with E-state index in [1.54, 1.807) is 0 Å². The number of aryl methyl sites for hydroxylation is 1. The third-order valence-corrected chi connectivity index (χ3v) is 4.29. The van der Waals surface area contributed by atoms with E-state index < -0.39 is 0 Å². The van der Waals surface area contributed by atoms with Crippen LogP contribution in [0.1, 0.15) is 44.0 Å². The molecule has 3 rings (SSSR count). The van der Waals surface area contributed by atoms with Gasteiger partial charge < -0.3 is 9.30 Å². The molecule has 1 saturated heterocycles. The normalized spacial score (nSPS) is 19.4. The largest absolute Gasteiger partial charge is 0.342 e. The van der Waals surface area contributed by atoms with Crippen molar-refractivity contribution in [3.05, 3.63) is 35.8 Å². The van der Waals surface area contributed by atoms with Crippen LogP contribution in [0.3, 0.4) is 0 Å². The van der Waals surface area contributed by atoms with Crippen molar-refractivity contribution in [1.82, 2.24) is 14.3 Å². The van der Waals surface area contributed by atoms with Gasteiger partial charge in [-0.25, -0.2) is 4.98 Å². The molecule has 2 aromatic heterocycles. The SMILES string of the molecule is Cc1cn2c([C@@H]3CCCN(C(=O)C(C)C)C3)cccc2n1. The van der Waals surface area contributed by atoms with E-state index in [-0.39, 0.29) is 11.8 Å². The average Bonchev–Trinajstić information content (AvgIpc) is 2.86. The van der Waals surface area contributed by atoms with Gasteiger partial charge in [0.25, 0.3) is 0 Å². The molecule has 1 amide bonds. The smallest absolute Gasteiger partial charge is 0.225 e. The number of likely N-dealkylation sites (tertiary alicyclic amines) is 1. The molecule has 1 atom stereocenters. The molecular formula is C17H23N3O. The maximum Gasteiger partial charge on any atom is 0.225 e.